The molecule has 1 saturated heterocycles. The third kappa shape index (κ3) is 2.48. The van der Waals surface area contributed by atoms with Crippen LogP contribution in [-0.2, 0) is 9.53 Å². The van der Waals surface area contributed by atoms with Crippen LogP contribution in [0.25, 0.3) is 0 Å². The lowest BCUT2D eigenvalue weighted by Crippen LogP contribution is -2.23. The molecule has 0 spiro atoms. The summed E-state index contributed by atoms with van der Waals surface area (Å²) in [6, 6.07) is 7.92. The summed E-state index contributed by atoms with van der Waals surface area (Å²) in [6.45, 7) is 1.63. The summed E-state index contributed by atoms with van der Waals surface area (Å²) in [4.78, 5) is 14.0. The molecular formula is C14H19NO3. The Bertz CT molecular complexity index is 416. The molecule has 1 aromatic rings. The predicted octanol–water partition coefficient (Wildman–Crippen LogP) is 1.51. The number of carbonyl (C=O) groups is 1. The third-order valence-corrected chi connectivity index (χ3v) is 3.55. The normalized spacial score (nSPS) is 23.9. The van der Waals surface area contributed by atoms with Gasteiger partial charge >= 0.3 is 5.97 Å². The number of carbonyl (C=O) groups excluding carboxylic acids is 1. The molecule has 18 heavy (non-hydrogen) atoms. The highest BCUT2D eigenvalue weighted by atomic mass is 16.5. The zero-order valence-corrected chi connectivity index (χ0v) is 11.1. The van der Waals surface area contributed by atoms with E-state index in [0.717, 1.165) is 24.4 Å². The van der Waals surface area contributed by atoms with E-state index in [0.29, 0.717) is 0 Å². The summed E-state index contributed by atoms with van der Waals surface area (Å²) in [5.74, 6) is 0.835. The zero-order valence-electron chi connectivity index (χ0n) is 11.1. The van der Waals surface area contributed by atoms with Gasteiger partial charge in [0.05, 0.1) is 20.1 Å². The average molecular weight is 249 g/mol. The Hall–Kier alpha value is -1.55. The number of benzene rings is 1. The van der Waals surface area contributed by atoms with Gasteiger partial charge < -0.3 is 14.4 Å². The van der Waals surface area contributed by atoms with Crippen molar-refractivity contribution in [2.45, 2.75) is 5.92 Å². The van der Waals surface area contributed by atoms with Gasteiger partial charge in [-0.3, -0.25) is 4.79 Å². The van der Waals surface area contributed by atoms with Crippen molar-refractivity contribution < 1.29 is 14.3 Å². The molecule has 0 N–H and O–H groups in total. The maximum atomic E-state index is 11.8. The number of likely N-dealkylation sites (N-methyl/N-ethyl adjacent to an activating group) is 1. The van der Waals surface area contributed by atoms with Crippen LogP contribution in [0.1, 0.15) is 11.5 Å². The molecule has 1 heterocycles. The second-order valence-electron chi connectivity index (χ2n) is 4.73. The zero-order chi connectivity index (χ0) is 13.1. The van der Waals surface area contributed by atoms with Gasteiger partial charge in [-0.25, -0.2) is 0 Å². The second-order valence-corrected chi connectivity index (χ2v) is 4.73. The Morgan fingerprint density at radius 2 is 1.89 bits per heavy atom. The van der Waals surface area contributed by atoms with Crippen LogP contribution in [0.5, 0.6) is 5.75 Å². The molecule has 1 aromatic carbocycles. The minimum atomic E-state index is -0.125. The first-order chi connectivity index (χ1) is 8.65. The minimum Gasteiger partial charge on any atom is -0.497 e. The van der Waals surface area contributed by atoms with Gasteiger partial charge in [0.25, 0.3) is 0 Å². The van der Waals surface area contributed by atoms with E-state index < -0.39 is 0 Å². The lowest BCUT2D eigenvalue weighted by molar-refractivity contribution is -0.145. The molecule has 0 radical (unpaired) electrons. The van der Waals surface area contributed by atoms with E-state index in [9.17, 15) is 4.79 Å². The van der Waals surface area contributed by atoms with Crippen LogP contribution in [0.15, 0.2) is 24.3 Å². The van der Waals surface area contributed by atoms with Crippen molar-refractivity contribution in [3.63, 3.8) is 0 Å². The van der Waals surface area contributed by atoms with Crippen LogP contribution in [-0.4, -0.2) is 45.2 Å². The molecule has 1 aliphatic rings. The molecule has 2 atom stereocenters. The first kappa shape index (κ1) is 12.9. The van der Waals surface area contributed by atoms with Crippen molar-refractivity contribution in [1.29, 1.82) is 0 Å². The Labute approximate surface area is 107 Å². The van der Waals surface area contributed by atoms with Crippen LogP contribution in [0.2, 0.25) is 0 Å². The summed E-state index contributed by atoms with van der Waals surface area (Å²) < 4.78 is 10.0. The second kappa shape index (κ2) is 5.40. The van der Waals surface area contributed by atoms with Gasteiger partial charge in [-0.2, -0.15) is 0 Å². The maximum Gasteiger partial charge on any atom is 0.310 e. The van der Waals surface area contributed by atoms with E-state index in [-0.39, 0.29) is 17.8 Å². The first-order valence-corrected chi connectivity index (χ1v) is 6.06. The fourth-order valence-corrected chi connectivity index (χ4v) is 2.58. The van der Waals surface area contributed by atoms with Gasteiger partial charge in [0.2, 0.25) is 0 Å². The molecule has 0 unspecified atom stereocenters. The number of hydrogen-bond acceptors (Lipinski definition) is 4. The minimum absolute atomic E-state index is 0.0756. The van der Waals surface area contributed by atoms with E-state index >= 15 is 0 Å². The van der Waals surface area contributed by atoms with Gasteiger partial charge in [0.1, 0.15) is 5.75 Å². The average Bonchev–Trinajstić information content (AvgIpc) is 2.80. The number of nitrogens with zero attached hydrogens (tertiary/aromatic N) is 1. The van der Waals surface area contributed by atoms with Crippen molar-refractivity contribution in [3.05, 3.63) is 29.8 Å². The van der Waals surface area contributed by atoms with Gasteiger partial charge in [-0.1, -0.05) is 12.1 Å². The van der Waals surface area contributed by atoms with Gasteiger partial charge in [-0.15, -0.1) is 0 Å². The molecule has 0 aromatic heterocycles. The van der Waals surface area contributed by atoms with E-state index in [1.54, 1.807) is 7.11 Å². The highest BCUT2D eigenvalue weighted by Gasteiger charge is 2.37. The molecule has 1 fully saturated rings. The van der Waals surface area contributed by atoms with Crippen LogP contribution in [0.3, 0.4) is 0 Å². The van der Waals surface area contributed by atoms with Crippen LogP contribution < -0.4 is 4.74 Å². The molecule has 0 aliphatic carbocycles. The summed E-state index contributed by atoms with van der Waals surface area (Å²) in [5.41, 5.74) is 1.16. The lowest BCUT2D eigenvalue weighted by atomic mass is 9.89. The summed E-state index contributed by atoms with van der Waals surface area (Å²) >= 11 is 0. The Morgan fingerprint density at radius 1 is 1.22 bits per heavy atom. The molecule has 98 valence electrons. The van der Waals surface area contributed by atoms with Gasteiger partial charge in [0, 0.05) is 19.0 Å². The highest BCUT2D eigenvalue weighted by Crippen LogP contribution is 2.33. The van der Waals surface area contributed by atoms with Crippen LogP contribution >= 0.6 is 0 Å². The molecule has 2 rings (SSSR count). The van der Waals surface area contributed by atoms with Gasteiger partial charge in [-0.05, 0) is 24.7 Å². The Balaban J connectivity index is 2.21. The smallest absolute Gasteiger partial charge is 0.310 e. The lowest BCUT2D eigenvalue weighted by Gasteiger charge is -2.16. The van der Waals surface area contributed by atoms with Crippen molar-refractivity contribution in [3.8, 4) is 5.75 Å². The van der Waals surface area contributed by atoms with E-state index in [1.807, 2.05) is 31.3 Å². The predicted molar refractivity (Wildman–Crippen MR) is 68.7 cm³/mol. The van der Waals surface area contributed by atoms with Crippen LogP contribution in [0.4, 0.5) is 0 Å². The first-order valence-electron chi connectivity index (χ1n) is 6.06. The summed E-state index contributed by atoms with van der Waals surface area (Å²) in [6.07, 6.45) is 0. The molecule has 0 amide bonds. The van der Waals surface area contributed by atoms with Gasteiger partial charge in [0.15, 0.2) is 0 Å². The number of hydrogen-bond donors (Lipinski definition) is 0. The number of rotatable bonds is 3. The van der Waals surface area contributed by atoms with Crippen molar-refractivity contribution in [2.24, 2.45) is 5.92 Å². The standard InChI is InChI=1S/C14H19NO3/c1-15-8-12(13(9-15)14(16)18-3)10-4-6-11(17-2)7-5-10/h4-7,12-13H,8-9H2,1-3H3/t12-,13+/m0/s1. The Morgan fingerprint density at radius 3 is 2.44 bits per heavy atom. The van der Waals surface area contributed by atoms with Crippen LogP contribution in [0, 0.1) is 5.92 Å². The largest absolute Gasteiger partial charge is 0.497 e. The van der Waals surface area contributed by atoms with Crippen molar-refractivity contribution >= 4 is 5.97 Å². The monoisotopic (exact) mass is 249 g/mol. The SMILES string of the molecule is COC(=O)[C@@H]1CN(C)C[C@H]1c1ccc(OC)cc1. The number of methoxy groups -OCH3 is 2. The summed E-state index contributed by atoms with van der Waals surface area (Å²) in [7, 11) is 5.13. The third-order valence-electron chi connectivity index (χ3n) is 3.55. The molecule has 4 heteroatoms. The Kier molecular flexibility index (Phi) is 3.87. The van der Waals surface area contributed by atoms with E-state index in [1.165, 1.54) is 7.11 Å². The fourth-order valence-electron chi connectivity index (χ4n) is 2.58. The number of likely N-dealkylation sites (tertiary alicyclic amines) is 1. The molecule has 0 saturated carbocycles. The topological polar surface area (TPSA) is 38.8 Å². The number of ether oxygens (including phenoxy) is 2. The van der Waals surface area contributed by atoms with E-state index in [4.69, 9.17) is 9.47 Å². The molecule has 1 aliphatic heterocycles. The quantitative estimate of drug-likeness (QED) is 0.761. The molecule has 4 nitrogen and oxygen atoms in total. The summed E-state index contributed by atoms with van der Waals surface area (Å²) in [5, 5.41) is 0. The van der Waals surface area contributed by atoms with Crippen molar-refractivity contribution in [1.82, 2.24) is 4.90 Å². The molecular weight excluding hydrogens is 230 g/mol. The maximum absolute atomic E-state index is 11.8. The molecule has 0 bridgehead atoms. The van der Waals surface area contributed by atoms with Crippen molar-refractivity contribution in [2.75, 3.05) is 34.4 Å². The number of esters is 1. The fraction of sp³-hybridized carbons (Fsp3) is 0.500. The van der Waals surface area contributed by atoms with E-state index in [2.05, 4.69) is 4.90 Å². The highest BCUT2D eigenvalue weighted by molar-refractivity contribution is 5.74.